The molecule has 0 aromatic heterocycles. The second-order valence-corrected chi connectivity index (χ2v) is 10.3. The number of halogens is 2. The zero-order chi connectivity index (χ0) is 26.5. The molecule has 1 aliphatic heterocycles. The Bertz CT molecular complexity index is 1390. The van der Waals surface area contributed by atoms with Gasteiger partial charge in [0.25, 0.3) is 11.1 Å². The molecule has 0 spiro atoms. The smallest absolute Gasteiger partial charge is 0.294 e. The maximum Gasteiger partial charge on any atom is 0.294 e. The van der Waals surface area contributed by atoms with E-state index in [-0.39, 0.29) is 23.9 Å². The van der Waals surface area contributed by atoms with Crippen molar-refractivity contribution < 1.29 is 28.2 Å². The molecule has 3 amide bonds. The van der Waals surface area contributed by atoms with Crippen LogP contribution in [0.2, 0.25) is 0 Å². The van der Waals surface area contributed by atoms with Crippen molar-refractivity contribution >= 4 is 63.2 Å². The molecule has 1 aliphatic rings. The van der Waals surface area contributed by atoms with E-state index in [2.05, 4.69) is 27.9 Å². The van der Waals surface area contributed by atoms with Crippen molar-refractivity contribution in [3.8, 4) is 11.5 Å². The lowest BCUT2D eigenvalue weighted by Gasteiger charge is -2.14. The van der Waals surface area contributed by atoms with Gasteiger partial charge in [-0.2, -0.15) is 0 Å². The van der Waals surface area contributed by atoms with Gasteiger partial charge >= 0.3 is 0 Å². The van der Waals surface area contributed by atoms with Crippen LogP contribution in [0.4, 0.5) is 14.9 Å². The second-order valence-electron chi connectivity index (χ2n) is 8.10. The zero-order valence-electron chi connectivity index (χ0n) is 19.9. The first-order chi connectivity index (χ1) is 17.7. The average molecular weight is 632 g/mol. The first kappa shape index (κ1) is 26.7. The SMILES string of the molecule is COc1cc(/C=C2/SC(=O)N(CC(=O)Nc3ccc(C)cc3)C2=O)cc(I)c1OCc1ccccc1F. The number of carbonyl (C=O) groups excluding carboxylic acids is 3. The number of hydrogen-bond acceptors (Lipinski definition) is 6. The summed E-state index contributed by atoms with van der Waals surface area (Å²) >= 11 is 2.83. The lowest BCUT2D eigenvalue weighted by Crippen LogP contribution is -2.36. The van der Waals surface area contributed by atoms with Crippen molar-refractivity contribution in [2.24, 2.45) is 0 Å². The van der Waals surface area contributed by atoms with E-state index in [1.54, 1.807) is 48.5 Å². The van der Waals surface area contributed by atoms with Crippen LogP contribution in [0.1, 0.15) is 16.7 Å². The van der Waals surface area contributed by atoms with Crippen LogP contribution < -0.4 is 14.8 Å². The van der Waals surface area contributed by atoms with Gasteiger partial charge in [0.15, 0.2) is 11.5 Å². The molecule has 37 heavy (non-hydrogen) atoms. The zero-order valence-corrected chi connectivity index (χ0v) is 22.9. The van der Waals surface area contributed by atoms with E-state index in [0.29, 0.717) is 31.9 Å². The van der Waals surface area contributed by atoms with Gasteiger partial charge in [0, 0.05) is 11.3 Å². The largest absolute Gasteiger partial charge is 0.493 e. The molecule has 0 radical (unpaired) electrons. The lowest BCUT2D eigenvalue weighted by molar-refractivity contribution is -0.127. The van der Waals surface area contributed by atoms with Gasteiger partial charge in [-0.1, -0.05) is 35.9 Å². The molecule has 0 bridgehead atoms. The Labute approximate surface area is 231 Å². The van der Waals surface area contributed by atoms with Crippen LogP contribution in [-0.4, -0.2) is 35.6 Å². The quantitative estimate of drug-likeness (QED) is 0.242. The first-order valence-corrected chi connectivity index (χ1v) is 13.0. The average Bonchev–Trinajstić information content (AvgIpc) is 3.12. The van der Waals surface area contributed by atoms with Gasteiger partial charge in [0.1, 0.15) is 19.0 Å². The predicted octanol–water partition coefficient (Wildman–Crippen LogP) is 6.00. The number of methoxy groups -OCH3 is 1. The Balaban J connectivity index is 1.47. The van der Waals surface area contributed by atoms with Gasteiger partial charge in [0.05, 0.1) is 15.6 Å². The molecule has 3 aromatic rings. The number of benzene rings is 3. The summed E-state index contributed by atoms with van der Waals surface area (Å²) in [7, 11) is 1.48. The highest BCUT2D eigenvalue weighted by molar-refractivity contribution is 14.1. The number of carbonyl (C=O) groups is 3. The highest BCUT2D eigenvalue weighted by Gasteiger charge is 2.36. The van der Waals surface area contributed by atoms with Gasteiger partial charge in [-0.3, -0.25) is 19.3 Å². The molecule has 1 N–H and O–H groups in total. The van der Waals surface area contributed by atoms with Crippen LogP contribution in [-0.2, 0) is 16.2 Å². The van der Waals surface area contributed by atoms with Crippen LogP contribution in [0.15, 0.2) is 65.6 Å². The Morgan fingerprint density at radius 2 is 1.86 bits per heavy atom. The lowest BCUT2D eigenvalue weighted by atomic mass is 10.1. The molecule has 0 saturated carbocycles. The maximum absolute atomic E-state index is 14.0. The molecule has 190 valence electrons. The van der Waals surface area contributed by atoms with Crippen LogP contribution >= 0.6 is 34.4 Å². The Kier molecular flexibility index (Phi) is 8.49. The summed E-state index contributed by atoms with van der Waals surface area (Å²) < 4.78 is 25.9. The summed E-state index contributed by atoms with van der Waals surface area (Å²) in [5.74, 6) is -0.560. The van der Waals surface area contributed by atoms with Crippen molar-refractivity contribution in [3.05, 3.63) is 91.6 Å². The number of ether oxygens (including phenoxy) is 2. The highest BCUT2D eigenvalue weighted by atomic mass is 127. The van der Waals surface area contributed by atoms with Crippen LogP contribution in [0.25, 0.3) is 6.08 Å². The number of anilines is 1. The minimum atomic E-state index is -0.553. The fraction of sp³-hybridized carbons (Fsp3) is 0.148. The number of imide groups is 1. The third-order valence-electron chi connectivity index (χ3n) is 5.39. The number of nitrogens with one attached hydrogen (secondary N) is 1. The van der Waals surface area contributed by atoms with Gasteiger partial charge in [0.2, 0.25) is 5.91 Å². The summed E-state index contributed by atoms with van der Waals surface area (Å²) in [6.07, 6.45) is 1.56. The highest BCUT2D eigenvalue weighted by Crippen LogP contribution is 2.37. The van der Waals surface area contributed by atoms with Crippen molar-refractivity contribution in [2.75, 3.05) is 19.0 Å². The van der Waals surface area contributed by atoms with Crippen molar-refractivity contribution in [1.29, 1.82) is 0 Å². The van der Waals surface area contributed by atoms with E-state index in [0.717, 1.165) is 22.2 Å². The molecule has 1 heterocycles. The molecule has 0 atom stereocenters. The van der Waals surface area contributed by atoms with E-state index in [1.807, 2.05) is 19.1 Å². The van der Waals surface area contributed by atoms with Crippen molar-refractivity contribution in [1.82, 2.24) is 4.90 Å². The Hall–Kier alpha value is -3.38. The van der Waals surface area contributed by atoms with Crippen LogP contribution in [0.3, 0.4) is 0 Å². The first-order valence-electron chi connectivity index (χ1n) is 11.1. The van der Waals surface area contributed by atoms with Crippen LogP contribution in [0, 0.1) is 16.3 Å². The van der Waals surface area contributed by atoms with E-state index in [4.69, 9.17) is 9.47 Å². The molecular formula is C27H22FIN2O5S. The minimum absolute atomic E-state index is 0.0158. The number of amides is 3. The third-order valence-corrected chi connectivity index (χ3v) is 7.10. The fourth-order valence-electron chi connectivity index (χ4n) is 3.50. The molecule has 7 nitrogen and oxygen atoms in total. The molecule has 0 aliphatic carbocycles. The molecule has 10 heteroatoms. The number of hydrogen-bond donors (Lipinski definition) is 1. The molecule has 1 fully saturated rings. The van der Waals surface area contributed by atoms with Crippen LogP contribution in [0.5, 0.6) is 11.5 Å². The van der Waals surface area contributed by atoms with E-state index >= 15 is 0 Å². The van der Waals surface area contributed by atoms with E-state index in [1.165, 1.54) is 13.2 Å². The Morgan fingerprint density at radius 1 is 1.14 bits per heavy atom. The van der Waals surface area contributed by atoms with E-state index in [9.17, 15) is 18.8 Å². The summed E-state index contributed by atoms with van der Waals surface area (Å²) in [4.78, 5) is 38.9. The fourth-order valence-corrected chi connectivity index (χ4v) is 5.12. The minimum Gasteiger partial charge on any atom is -0.493 e. The van der Waals surface area contributed by atoms with Gasteiger partial charge in [-0.05, 0) is 83.2 Å². The van der Waals surface area contributed by atoms with Gasteiger partial charge in [-0.15, -0.1) is 0 Å². The normalized spacial score (nSPS) is 14.3. The predicted molar refractivity (Wildman–Crippen MR) is 149 cm³/mol. The summed E-state index contributed by atoms with van der Waals surface area (Å²) in [6.45, 7) is 1.56. The monoisotopic (exact) mass is 632 g/mol. The van der Waals surface area contributed by atoms with E-state index < -0.39 is 17.1 Å². The molecule has 4 rings (SSSR count). The summed E-state index contributed by atoms with van der Waals surface area (Å²) in [6, 6.07) is 17.0. The van der Waals surface area contributed by atoms with Gasteiger partial charge in [-0.25, -0.2) is 4.39 Å². The van der Waals surface area contributed by atoms with Gasteiger partial charge < -0.3 is 14.8 Å². The second kappa shape index (κ2) is 11.8. The number of rotatable bonds is 8. The maximum atomic E-state index is 14.0. The molecule has 3 aromatic carbocycles. The Morgan fingerprint density at radius 3 is 2.57 bits per heavy atom. The molecule has 0 unspecified atom stereocenters. The number of thioether (sulfide) groups is 1. The van der Waals surface area contributed by atoms with Crippen molar-refractivity contribution in [3.63, 3.8) is 0 Å². The van der Waals surface area contributed by atoms with Crippen molar-refractivity contribution in [2.45, 2.75) is 13.5 Å². The standard InChI is InChI=1S/C27H22FIN2O5S/c1-16-7-9-19(10-8-16)30-24(32)14-31-26(33)23(37-27(31)34)13-17-11-21(29)25(22(12-17)35-2)36-15-18-5-3-4-6-20(18)28/h3-13H,14-15H2,1-2H3,(H,30,32)/b23-13+. The summed E-state index contributed by atoms with van der Waals surface area (Å²) in [5, 5.41) is 2.16. The topological polar surface area (TPSA) is 84.9 Å². The molecule has 1 saturated heterocycles. The summed E-state index contributed by atoms with van der Waals surface area (Å²) in [5.41, 5.74) is 2.64. The number of nitrogens with zero attached hydrogens (tertiary/aromatic N) is 1. The third kappa shape index (κ3) is 6.50. The number of aryl methyl sites for hydroxylation is 1. The molecular weight excluding hydrogens is 610 g/mol.